The Kier molecular flexibility index (Phi) is 7.05. The Bertz CT molecular complexity index is 819. The van der Waals surface area contributed by atoms with Gasteiger partial charge in [-0.1, -0.05) is 12.1 Å². The van der Waals surface area contributed by atoms with Crippen LogP contribution in [0.25, 0.3) is 0 Å². The SMILES string of the molecule is CCOC(=O)CC(=O)N(CC(=O)c1cccc(OC)c1)c1ccc(F)cc1. The summed E-state index contributed by atoms with van der Waals surface area (Å²) in [5.41, 5.74) is 0.660. The zero-order valence-electron chi connectivity index (χ0n) is 15.1. The van der Waals surface area contributed by atoms with Crippen LogP contribution in [0.2, 0.25) is 0 Å². The topological polar surface area (TPSA) is 72.9 Å². The lowest BCUT2D eigenvalue weighted by molar-refractivity contribution is -0.145. The Morgan fingerprint density at radius 2 is 1.78 bits per heavy atom. The number of anilines is 1. The van der Waals surface area contributed by atoms with E-state index in [4.69, 9.17) is 9.47 Å². The molecule has 0 atom stereocenters. The van der Waals surface area contributed by atoms with E-state index in [0.29, 0.717) is 17.0 Å². The lowest BCUT2D eigenvalue weighted by Crippen LogP contribution is -2.37. The van der Waals surface area contributed by atoms with Crippen LogP contribution >= 0.6 is 0 Å². The van der Waals surface area contributed by atoms with Crippen molar-refractivity contribution in [2.24, 2.45) is 0 Å². The zero-order chi connectivity index (χ0) is 19.8. The van der Waals surface area contributed by atoms with E-state index in [1.807, 2.05) is 0 Å². The lowest BCUT2D eigenvalue weighted by Gasteiger charge is -2.22. The van der Waals surface area contributed by atoms with Crippen molar-refractivity contribution in [2.75, 3.05) is 25.2 Å². The first-order valence-corrected chi connectivity index (χ1v) is 8.33. The number of carbonyl (C=O) groups is 3. The van der Waals surface area contributed by atoms with Gasteiger partial charge in [0.2, 0.25) is 5.91 Å². The van der Waals surface area contributed by atoms with Crippen molar-refractivity contribution in [2.45, 2.75) is 13.3 Å². The summed E-state index contributed by atoms with van der Waals surface area (Å²) in [6, 6.07) is 11.6. The highest BCUT2D eigenvalue weighted by molar-refractivity contribution is 6.09. The highest BCUT2D eigenvalue weighted by Crippen LogP contribution is 2.19. The molecule has 0 fully saturated rings. The fraction of sp³-hybridized carbons (Fsp3) is 0.250. The molecule has 2 rings (SSSR count). The van der Waals surface area contributed by atoms with Gasteiger partial charge in [-0.25, -0.2) is 4.39 Å². The summed E-state index contributed by atoms with van der Waals surface area (Å²) in [4.78, 5) is 38.0. The molecule has 0 aliphatic carbocycles. The number of methoxy groups -OCH3 is 1. The van der Waals surface area contributed by atoms with E-state index < -0.39 is 24.1 Å². The van der Waals surface area contributed by atoms with Gasteiger partial charge in [0, 0.05) is 11.3 Å². The molecule has 7 heteroatoms. The van der Waals surface area contributed by atoms with Crippen molar-refractivity contribution in [3.8, 4) is 5.75 Å². The van der Waals surface area contributed by atoms with Gasteiger partial charge >= 0.3 is 5.97 Å². The maximum atomic E-state index is 13.2. The summed E-state index contributed by atoms with van der Waals surface area (Å²) < 4.78 is 23.1. The minimum Gasteiger partial charge on any atom is -0.497 e. The van der Waals surface area contributed by atoms with Gasteiger partial charge in [-0.05, 0) is 43.3 Å². The van der Waals surface area contributed by atoms with E-state index in [1.54, 1.807) is 31.2 Å². The van der Waals surface area contributed by atoms with Crippen LogP contribution in [-0.2, 0) is 14.3 Å². The van der Waals surface area contributed by atoms with Crippen LogP contribution in [0.1, 0.15) is 23.7 Å². The fourth-order valence-corrected chi connectivity index (χ4v) is 2.41. The number of rotatable bonds is 8. The molecule has 6 nitrogen and oxygen atoms in total. The molecule has 0 aromatic heterocycles. The Hall–Kier alpha value is -3.22. The van der Waals surface area contributed by atoms with Gasteiger partial charge in [-0.3, -0.25) is 14.4 Å². The van der Waals surface area contributed by atoms with E-state index in [9.17, 15) is 18.8 Å². The summed E-state index contributed by atoms with van der Waals surface area (Å²) in [6.07, 6.45) is -0.517. The van der Waals surface area contributed by atoms with Crippen molar-refractivity contribution < 1.29 is 28.2 Å². The highest BCUT2D eigenvalue weighted by Gasteiger charge is 2.23. The number of Topliss-reactive ketones (excluding diaryl/α,β-unsaturated/α-hetero) is 1. The van der Waals surface area contributed by atoms with Gasteiger partial charge in [0.1, 0.15) is 18.0 Å². The molecular weight excluding hydrogens is 353 g/mol. The van der Waals surface area contributed by atoms with E-state index in [1.165, 1.54) is 31.4 Å². The van der Waals surface area contributed by atoms with Gasteiger partial charge in [0.05, 0.1) is 20.3 Å². The summed E-state index contributed by atoms with van der Waals surface area (Å²) >= 11 is 0. The summed E-state index contributed by atoms with van der Waals surface area (Å²) in [6.45, 7) is 1.47. The molecule has 2 aromatic rings. The molecule has 0 bridgehead atoms. The second-order valence-electron chi connectivity index (χ2n) is 5.59. The monoisotopic (exact) mass is 373 g/mol. The number of hydrogen-bond donors (Lipinski definition) is 0. The number of esters is 1. The van der Waals surface area contributed by atoms with E-state index in [0.717, 1.165) is 4.90 Å². The number of halogens is 1. The number of benzene rings is 2. The van der Waals surface area contributed by atoms with Crippen molar-refractivity contribution in [3.63, 3.8) is 0 Å². The quantitative estimate of drug-likeness (QED) is 0.404. The van der Waals surface area contributed by atoms with Crippen molar-refractivity contribution >= 4 is 23.3 Å². The fourth-order valence-electron chi connectivity index (χ4n) is 2.41. The first-order valence-electron chi connectivity index (χ1n) is 8.33. The number of hydrogen-bond acceptors (Lipinski definition) is 5. The average Bonchev–Trinajstić information content (AvgIpc) is 2.66. The second-order valence-corrected chi connectivity index (χ2v) is 5.59. The van der Waals surface area contributed by atoms with Gasteiger partial charge in [-0.2, -0.15) is 0 Å². The van der Waals surface area contributed by atoms with E-state index >= 15 is 0 Å². The van der Waals surface area contributed by atoms with Crippen molar-refractivity contribution in [1.29, 1.82) is 0 Å². The van der Waals surface area contributed by atoms with Crippen molar-refractivity contribution in [1.82, 2.24) is 0 Å². The third-order valence-electron chi connectivity index (χ3n) is 3.73. The summed E-state index contributed by atoms with van der Waals surface area (Å²) in [5.74, 6) is -1.63. The molecule has 0 radical (unpaired) electrons. The normalized spacial score (nSPS) is 10.2. The molecule has 0 N–H and O–H groups in total. The van der Waals surface area contributed by atoms with Crippen LogP contribution in [0.4, 0.5) is 10.1 Å². The van der Waals surface area contributed by atoms with Gasteiger partial charge in [-0.15, -0.1) is 0 Å². The van der Waals surface area contributed by atoms with Crippen LogP contribution < -0.4 is 9.64 Å². The second kappa shape index (κ2) is 9.47. The molecule has 27 heavy (non-hydrogen) atoms. The number of ketones is 1. The molecule has 0 saturated carbocycles. The van der Waals surface area contributed by atoms with E-state index in [-0.39, 0.29) is 18.9 Å². The first kappa shape index (κ1) is 20.1. The molecule has 0 saturated heterocycles. The zero-order valence-corrected chi connectivity index (χ0v) is 15.1. The maximum Gasteiger partial charge on any atom is 0.315 e. The van der Waals surface area contributed by atoms with Crippen LogP contribution in [0, 0.1) is 5.82 Å². The Morgan fingerprint density at radius 1 is 1.07 bits per heavy atom. The Labute approximate surface area is 156 Å². The van der Waals surface area contributed by atoms with Crippen LogP contribution in [-0.4, -0.2) is 37.9 Å². The van der Waals surface area contributed by atoms with Crippen LogP contribution in [0.3, 0.4) is 0 Å². The predicted molar refractivity (Wildman–Crippen MR) is 97.3 cm³/mol. The van der Waals surface area contributed by atoms with Crippen LogP contribution in [0.5, 0.6) is 5.75 Å². The van der Waals surface area contributed by atoms with Crippen molar-refractivity contribution in [3.05, 3.63) is 59.9 Å². The smallest absolute Gasteiger partial charge is 0.315 e. The maximum absolute atomic E-state index is 13.2. The largest absolute Gasteiger partial charge is 0.497 e. The number of carbonyl (C=O) groups excluding carboxylic acids is 3. The molecular formula is C20H20FNO5. The Morgan fingerprint density at radius 3 is 2.41 bits per heavy atom. The number of nitrogens with zero attached hydrogens (tertiary/aromatic N) is 1. The minimum absolute atomic E-state index is 0.144. The number of amides is 1. The molecule has 0 aliphatic rings. The number of ether oxygens (including phenoxy) is 2. The standard InChI is InChI=1S/C20H20FNO5/c1-3-27-20(25)12-19(24)22(16-9-7-15(21)8-10-16)13-18(23)14-5-4-6-17(11-14)26-2/h4-11H,3,12-13H2,1-2H3. The summed E-state index contributed by atoms with van der Waals surface area (Å²) in [7, 11) is 1.48. The molecule has 0 unspecified atom stereocenters. The molecule has 0 aliphatic heterocycles. The molecule has 1 amide bonds. The van der Waals surface area contributed by atoms with Crippen LogP contribution in [0.15, 0.2) is 48.5 Å². The minimum atomic E-state index is -0.691. The lowest BCUT2D eigenvalue weighted by atomic mass is 10.1. The predicted octanol–water partition coefficient (Wildman–Crippen LogP) is 3.00. The van der Waals surface area contributed by atoms with Gasteiger partial charge in [0.15, 0.2) is 5.78 Å². The summed E-state index contributed by atoms with van der Waals surface area (Å²) in [5, 5.41) is 0. The third kappa shape index (κ3) is 5.64. The average molecular weight is 373 g/mol. The molecule has 0 heterocycles. The molecule has 2 aromatic carbocycles. The Balaban J connectivity index is 2.25. The highest BCUT2D eigenvalue weighted by atomic mass is 19.1. The van der Waals surface area contributed by atoms with Gasteiger partial charge in [0.25, 0.3) is 0 Å². The van der Waals surface area contributed by atoms with E-state index in [2.05, 4.69) is 0 Å². The first-order chi connectivity index (χ1) is 12.9. The third-order valence-corrected chi connectivity index (χ3v) is 3.73. The molecule has 142 valence electrons. The van der Waals surface area contributed by atoms with Gasteiger partial charge < -0.3 is 14.4 Å². The molecule has 0 spiro atoms.